The zero-order valence-electron chi connectivity index (χ0n) is 19.9. The van der Waals surface area contributed by atoms with Crippen LogP contribution in [0.1, 0.15) is 42.5 Å². The lowest BCUT2D eigenvalue weighted by Gasteiger charge is -2.12. The molecule has 0 bridgehead atoms. The number of hydrogen-bond donors (Lipinski definition) is 1. The quantitative estimate of drug-likeness (QED) is 0.226. The number of benzene rings is 3. The summed E-state index contributed by atoms with van der Waals surface area (Å²) in [5.74, 6) is 0.428. The van der Waals surface area contributed by atoms with Gasteiger partial charge in [0.2, 0.25) is 5.71 Å². The minimum atomic E-state index is -0.256. The Labute approximate surface area is 201 Å². The molecule has 1 N–H and O–H groups in total. The van der Waals surface area contributed by atoms with Gasteiger partial charge in [-0.2, -0.15) is 0 Å². The molecule has 0 aliphatic heterocycles. The van der Waals surface area contributed by atoms with Crippen LogP contribution in [0.3, 0.4) is 0 Å². The van der Waals surface area contributed by atoms with Crippen molar-refractivity contribution in [2.75, 3.05) is 13.7 Å². The van der Waals surface area contributed by atoms with Crippen LogP contribution in [0.5, 0.6) is 5.75 Å². The molecule has 0 fully saturated rings. The molecule has 34 heavy (non-hydrogen) atoms. The molecule has 0 unspecified atom stereocenters. The number of hydrogen-bond acceptors (Lipinski definition) is 3. The molecular weight excluding hydrogens is 424 g/mol. The van der Waals surface area contributed by atoms with E-state index in [-0.39, 0.29) is 11.9 Å². The highest BCUT2D eigenvalue weighted by atomic mass is 16.5. The molecule has 3 aromatic rings. The minimum absolute atomic E-state index is 0.0533. The van der Waals surface area contributed by atoms with Crippen molar-refractivity contribution in [2.45, 2.75) is 32.7 Å². The predicted molar refractivity (Wildman–Crippen MR) is 136 cm³/mol. The van der Waals surface area contributed by atoms with Crippen molar-refractivity contribution in [2.24, 2.45) is 0 Å². The second-order valence-electron chi connectivity index (χ2n) is 8.74. The fourth-order valence-corrected chi connectivity index (χ4v) is 4.31. The van der Waals surface area contributed by atoms with Gasteiger partial charge in [0.05, 0.1) is 12.2 Å². The van der Waals surface area contributed by atoms with E-state index in [9.17, 15) is 10.0 Å². The third-order valence-corrected chi connectivity index (χ3v) is 5.75. The first-order valence-electron chi connectivity index (χ1n) is 11.7. The van der Waals surface area contributed by atoms with E-state index in [4.69, 9.17) is 4.74 Å². The van der Waals surface area contributed by atoms with Gasteiger partial charge in [-0.3, -0.25) is 4.79 Å². The fraction of sp³-hybridized carbons (Fsp3) is 0.241. The number of nitrogens with zero attached hydrogens (tertiary/aromatic N) is 1. The summed E-state index contributed by atoms with van der Waals surface area (Å²) in [6.07, 6.45) is 1.82. The molecule has 4 rings (SSSR count). The summed E-state index contributed by atoms with van der Waals surface area (Å²) < 4.78 is 6.81. The Morgan fingerprint density at radius 1 is 0.971 bits per heavy atom. The maximum absolute atomic E-state index is 13.3. The lowest BCUT2D eigenvalue weighted by atomic mass is 9.97. The molecule has 0 saturated heterocycles. The summed E-state index contributed by atoms with van der Waals surface area (Å²) in [5, 5.41) is 15.7. The third-order valence-electron chi connectivity index (χ3n) is 5.75. The van der Waals surface area contributed by atoms with Gasteiger partial charge in [-0.25, -0.2) is 4.74 Å². The van der Waals surface area contributed by atoms with E-state index in [0.29, 0.717) is 29.2 Å². The van der Waals surface area contributed by atoms with Crippen molar-refractivity contribution < 1.29 is 14.3 Å². The number of nitrogens with one attached hydrogen (secondary N) is 1. The maximum Gasteiger partial charge on any atom is 0.258 e. The highest BCUT2D eigenvalue weighted by molar-refractivity contribution is 6.36. The number of amides is 1. The predicted octanol–water partition coefficient (Wildman–Crippen LogP) is 4.97. The normalized spacial score (nSPS) is 14.2. The van der Waals surface area contributed by atoms with Crippen molar-refractivity contribution >= 4 is 17.2 Å². The Balaban J connectivity index is 1.65. The molecule has 0 heterocycles. The Morgan fingerprint density at radius 2 is 1.65 bits per heavy atom. The average molecular weight is 455 g/mol. The van der Waals surface area contributed by atoms with Crippen LogP contribution in [0, 0.1) is 5.21 Å². The van der Waals surface area contributed by atoms with Crippen molar-refractivity contribution in [3.05, 3.63) is 112 Å². The number of fused-ring (bicyclic) bond motifs is 1. The molecule has 0 radical (unpaired) electrons. The van der Waals surface area contributed by atoms with Crippen LogP contribution in [-0.2, 0) is 11.2 Å². The van der Waals surface area contributed by atoms with Gasteiger partial charge >= 0.3 is 0 Å². The van der Waals surface area contributed by atoms with Crippen LogP contribution >= 0.6 is 0 Å². The molecule has 5 heteroatoms. The van der Waals surface area contributed by atoms with Crippen LogP contribution in [0.4, 0.5) is 0 Å². The van der Waals surface area contributed by atoms with Gasteiger partial charge in [0.1, 0.15) is 18.4 Å². The fourth-order valence-electron chi connectivity index (χ4n) is 4.31. The SMILES string of the molecule is CC(C)NC(=O)C1=C(c2ccccc2)c2ccc(OCCCc3ccccc3)cc2/C1=[N+](/C)[O-]. The van der Waals surface area contributed by atoms with Gasteiger partial charge in [0, 0.05) is 11.6 Å². The molecule has 3 aromatic carbocycles. The molecule has 5 nitrogen and oxygen atoms in total. The zero-order valence-corrected chi connectivity index (χ0v) is 19.9. The van der Waals surface area contributed by atoms with Gasteiger partial charge in [-0.15, -0.1) is 0 Å². The Kier molecular flexibility index (Phi) is 7.12. The number of carbonyl (C=O) groups excluding carboxylic acids is 1. The van der Waals surface area contributed by atoms with Crippen LogP contribution in [-0.4, -0.2) is 36.1 Å². The number of hydroxylamine groups is 1. The van der Waals surface area contributed by atoms with Crippen molar-refractivity contribution in [3.8, 4) is 5.75 Å². The number of ether oxygens (including phenoxy) is 1. The Morgan fingerprint density at radius 3 is 2.29 bits per heavy atom. The second kappa shape index (κ2) is 10.4. The molecule has 0 aromatic heterocycles. The topological polar surface area (TPSA) is 64.4 Å². The van der Waals surface area contributed by atoms with Gasteiger partial charge < -0.3 is 15.3 Å². The summed E-state index contributed by atoms with van der Waals surface area (Å²) >= 11 is 0. The monoisotopic (exact) mass is 454 g/mol. The molecule has 0 atom stereocenters. The van der Waals surface area contributed by atoms with Crippen LogP contribution in [0.15, 0.2) is 84.4 Å². The number of aryl methyl sites for hydroxylation is 1. The standard InChI is InChI=1S/C29H30N2O3/c1-20(2)30-29(32)27-26(22-14-8-5-9-15-22)24-17-16-23(19-25(24)28(27)31(3)33)34-18-10-13-21-11-6-4-7-12-21/h4-9,11-12,14-17,19-20H,10,13,18H2,1-3H3,(H,30,32)/b31-28+. The van der Waals surface area contributed by atoms with Crippen molar-refractivity contribution in [1.82, 2.24) is 5.32 Å². The second-order valence-corrected chi connectivity index (χ2v) is 8.74. The first-order valence-corrected chi connectivity index (χ1v) is 11.7. The summed E-state index contributed by atoms with van der Waals surface area (Å²) in [4.78, 5) is 13.3. The van der Waals surface area contributed by atoms with Gasteiger partial charge in [0.15, 0.2) is 0 Å². The van der Waals surface area contributed by atoms with E-state index in [1.165, 1.54) is 12.6 Å². The van der Waals surface area contributed by atoms with Crippen LogP contribution in [0.2, 0.25) is 0 Å². The smallest absolute Gasteiger partial charge is 0.258 e. The zero-order chi connectivity index (χ0) is 24.1. The van der Waals surface area contributed by atoms with E-state index in [1.54, 1.807) is 0 Å². The molecule has 0 saturated carbocycles. The first kappa shape index (κ1) is 23.3. The van der Waals surface area contributed by atoms with E-state index in [1.807, 2.05) is 80.6 Å². The molecule has 0 spiro atoms. The lowest BCUT2D eigenvalue weighted by Crippen LogP contribution is -2.34. The van der Waals surface area contributed by atoms with Gasteiger partial charge in [-0.05, 0) is 61.6 Å². The average Bonchev–Trinajstić information content (AvgIpc) is 3.17. The molecule has 174 valence electrons. The van der Waals surface area contributed by atoms with E-state index in [0.717, 1.165) is 34.3 Å². The molecular formula is C29H30N2O3. The van der Waals surface area contributed by atoms with Gasteiger partial charge in [0.25, 0.3) is 5.91 Å². The molecule has 1 aliphatic rings. The maximum atomic E-state index is 13.3. The highest BCUT2D eigenvalue weighted by Crippen LogP contribution is 2.39. The summed E-state index contributed by atoms with van der Waals surface area (Å²) in [5.41, 5.74) is 5.27. The van der Waals surface area contributed by atoms with Gasteiger partial charge in [-0.1, -0.05) is 60.7 Å². The Bertz CT molecular complexity index is 1220. The third kappa shape index (κ3) is 5.04. The first-order chi connectivity index (χ1) is 16.5. The highest BCUT2D eigenvalue weighted by Gasteiger charge is 2.38. The number of carbonyl (C=O) groups is 1. The largest absolute Gasteiger partial charge is 0.624 e. The molecule has 1 aliphatic carbocycles. The summed E-state index contributed by atoms with van der Waals surface area (Å²) in [6.45, 7) is 4.38. The van der Waals surface area contributed by atoms with Crippen molar-refractivity contribution in [3.63, 3.8) is 0 Å². The van der Waals surface area contributed by atoms with E-state index >= 15 is 0 Å². The van der Waals surface area contributed by atoms with Crippen LogP contribution < -0.4 is 10.1 Å². The molecule has 1 amide bonds. The van der Waals surface area contributed by atoms with E-state index in [2.05, 4.69) is 17.4 Å². The van der Waals surface area contributed by atoms with Crippen molar-refractivity contribution in [1.29, 1.82) is 0 Å². The summed E-state index contributed by atoms with van der Waals surface area (Å²) in [7, 11) is 1.43. The van der Waals surface area contributed by atoms with Crippen LogP contribution in [0.25, 0.3) is 5.57 Å². The minimum Gasteiger partial charge on any atom is -0.624 e. The van der Waals surface area contributed by atoms with E-state index < -0.39 is 0 Å². The lowest BCUT2D eigenvalue weighted by molar-refractivity contribution is -0.421. The summed E-state index contributed by atoms with van der Waals surface area (Å²) in [6, 6.07) is 25.7. The number of rotatable bonds is 8. The Hall–Kier alpha value is -3.86.